The Hall–Kier alpha value is -1.63. The Kier molecular flexibility index (Phi) is 1.88. The zero-order valence-corrected chi connectivity index (χ0v) is 7.61. The molecule has 1 atom stereocenters. The molecule has 0 saturated carbocycles. The Morgan fingerprint density at radius 2 is 2.29 bits per heavy atom. The maximum Gasteiger partial charge on any atom is 0.333 e. The standard InChI is InChI=1S/C7H5N3O3S/c8-7-9-4(11)3-2(6(12)13)1-14-5(3)10-7/h1,3H,(H,12,13)(H2,8,9,11). The van der Waals surface area contributed by atoms with E-state index in [4.69, 9.17) is 10.8 Å². The van der Waals surface area contributed by atoms with Crippen molar-refractivity contribution in [2.45, 2.75) is 0 Å². The van der Waals surface area contributed by atoms with Crippen molar-refractivity contribution in [2.75, 3.05) is 0 Å². The zero-order chi connectivity index (χ0) is 10.3. The van der Waals surface area contributed by atoms with E-state index >= 15 is 0 Å². The van der Waals surface area contributed by atoms with Crippen LogP contribution in [0.15, 0.2) is 21.0 Å². The molecular weight excluding hydrogens is 206 g/mol. The van der Waals surface area contributed by atoms with Gasteiger partial charge in [0, 0.05) is 0 Å². The number of amides is 1. The molecule has 1 unspecified atom stereocenters. The average molecular weight is 211 g/mol. The monoisotopic (exact) mass is 211 g/mol. The molecule has 2 aliphatic heterocycles. The number of rotatable bonds is 1. The van der Waals surface area contributed by atoms with Crippen LogP contribution in [0.4, 0.5) is 0 Å². The first-order valence-electron chi connectivity index (χ1n) is 3.66. The number of guanidine groups is 1. The van der Waals surface area contributed by atoms with Gasteiger partial charge in [-0.2, -0.15) is 4.99 Å². The smallest absolute Gasteiger partial charge is 0.333 e. The van der Waals surface area contributed by atoms with Crippen molar-refractivity contribution in [3.63, 3.8) is 0 Å². The first-order valence-corrected chi connectivity index (χ1v) is 4.54. The molecule has 0 spiro atoms. The minimum atomic E-state index is -1.13. The highest BCUT2D eigenvalue weighted by Gasteiger charge is 2.39. The summed E-state index contributed by atoms with van der Waals surface area (Å²) in [6.07, 6.45) is 0. The van der Waals surface area contributed by atoms with Gasteiger partial charge in [0.2, 0.25) is 5.96 Å². The summed E-state index contributed by atoms with van der Waals surface area (Å²) in [5, 5.41) is 10.5. The van der Waals surface area contributed by atoms with Crippen molar-refractivity contribution in [3.05, 3.63) is 11.0 Å². The van der Waals surface area contributed by atoms with Crippen LogP contribution < -0.4 is 5.73 Å². The molecule has 2 rings (SSSR count). The number of thioether (sulfide) groups is 1. The van der Waals surface area contributed by atoms with Crippen LogP contribution in [-0.4, -0.2) is 28.0 Å². The highest BCUT2D eigenvalue weighted by Crippen LogP contribution is 2.34. The summed E-state index contributed by atoms with van der Waals surface area (Å²) in [6.45, 7) is 0. The van der Waals surface area contributed by atoms with Crippen LogP contribution >= 0.6 is 11.8 Å². The number of carboxylic acids is 1. The predicted octanol–water partition coefficient (Wildman–Crippen LogP) is -0.429. The van der Waals surface area contributed by atoms with E-state index < -0.39 is 17.8 Å². The molecule has 0 aliphatic carbocycles. The van der Waals surface area contributed by atoms with Gasteiger partial charge in [0.25, 0.3) is 5.91 Å². The van der Waals surface area contributed by atoms with E-state index in [2.05, 4.69) is 9.98 Å². The molecule has 0 aromatic carbocycles. The van der Waals surface area contributed by atoms with E-state index in [1.54, 1.807) is 0 Å². The maximum absolute atomic E-state index is 11.3. The lowest BCUT2D eigenvalue weighted by Crippen LogP contribution is -2.30. The van der Waals surface area contributed by atoms with Crippen LogP contribution in [0.1, 0.15) is 0 Å². The van der Waals surface area contributed by atoms with Gasteiger partial charge in [-0.3, -0.25) is 4.79 Å². The lowest BCUT2D eigenvalue weighted by atomic mass is 10.0. The Balaban J connectivity index is 2.40. The fraction of sp³-hybridized carbons (Fsp3) is 0.143. The van der Waals surface area contributed by atoms with Gasteiger partial charge in [0.1, 0.15) is 5.92 Å². The lowest BCUT2D eigenvalue weighted by molar-refractivity contribution is -0.134. The van der Waals surface area contributed by atoms with Gasteiger partial charge in [-0.15, -0.1) is 0 Å². The molecule has 0 bridgehead atoms. The van der Waals surface area contributed by atoms with E-state index in [1.165, 1.54) is 5.41 Å². The molecule has 2 heterocycles. The Morgan fingerprint density at radius 3 is 2.93 bits per heavy atom. The number of carbonyl (C=O) groups is 2. The molecule has 7 heteroatoms. The number of aliphatic carboxylic acids is 1. The molecule has 72 valence electrons. The van der Waals surface area contributed by atoms with E-state index in [0.717, 1.165) is 11.8 Å². The summed E-state index contributed by atoms with van der Waals surface area (Å²) in [7, 11) is 0. The molecule has 14 heavy (non-hydrogen) atoms. The Morgan fingerprint density at radius 1 is 1.57 bits per heavy atom. The fourth-order valence-electron chi connectivity index (χ4n) is 1.21. The van der Waals surface area contributed by atoms with Crippen molar-refractivity contribution in [3.8, 4) is 0 Å². The van der Waals surface area contributed by atoms with Gasteiger partial charge in [0.05, 0.1) is 10.6 Å². The largest absolute Gasteiger partial charge is 0.478 e. The summed E-state index contributed by atoms with van der Waals surface area (Å²) in [5.74, 6) is -2.67. The summed E-state index contributed by atoms with van der Waals surface area (Å²) >= 11 is 1.10. The predicted molar refractivity (Wildman–Crippen MR) is 50.9 cm³/mol. The molecule has 0 saturated heterocycles. The number of carboxylic acid groups (broad SMARTS) is 1. The van der Waals surface area contributed by atoms with E-state index in [-0.39, 0.29) is 11.5 Å². The lowest BCUT2D eigenvalue weighted by Gasteiger charge is -2.12. The summed E-state index contributed by atoms with van der Waals surface area (Å²) in [5.41, 5.74) is 5.27. The number of hydrogen-bond acceptors (Lipinski definition) is 5. The van der Waals surface area contributed by atoms with Crippen LogP contribution in [0.25, 0.3) is 0 Å². The summed E-state index contributed by atoms with van der Waals surface area (Å²) < 4.78 is 0. The third kappa shape index (κ3) is 1.22. The molecule has 0 aromatic heterocycles. The molecule has 0 radical (unpaired) electrons. The zero-order valence-electron chi connectivity index (χ0n) is 6.80. The van der Waals surface area contributed by atoms with Crippen LogP contribution in [0.3, 0.4) is 0 Å². The third-order valence-corrected chi connectivity index (χ3v) is 2.75. The molecule has 3 N–H and O–H groups in total. The van der Waals surface area contributed by atoms with Crippen LogP contribution in [0, 0.1) is 5.92 Å². The Labute approximate surface area is 82.6 Å². The van der Waals surface area contributed by atoms with Crippen molar-refractivity contribution in [2.24, 2.45) is 21.6 Å². The van der Waals surface area contributed by atoms with E-state index in [0.29, 0.717) is 5.04 Å². The van der Waals surface area contributed by atoms with E-state index in [1.807, 2.05) is 0 Å². The molecule has 2 aliphatic rings. The van der Waals surface area contributed by atoms with Gasteiger partial charge < -0.3 is 10.8 Å². The number of aliphatic imine (C=N–C) groups is 2. The van der Waals surface area contributed by atoms with Crippen LogP contribution in [0.5, 0.6) is 0 Å². The third-order valence-electron chi connectivity index (χ3n) is 1.81. The first-order chi connectivity index (χ1) is 6.59. The second-order valence-electron chi connectivity index (χ2n) is 2.69. The van der Waals surface area contributed by atoms with Crippen LogP contribution in [-0.2, 0) is 9.59 Å². The summed E-state index contributed by atoms with van der Waals surface area (Å²) in [4.78, 5) is 29.3. The molecule has 0 aromatic rings. The minimum absolute atomic E-state index is 0.00926. The number of fused-ring (bicyclic) bond motifs is 1. The van der Waals surface area contributed by atoms with Gasteiger partial charge in [-0.1, -0.05) is 11.8 Å². The Bertz CT molecular complexity index is 424. The quantitative estimate of drug-likeness (QED) is 0.612. The van der Waals surface area contributed by atoms with Crippen LogP contribution in [0.2, 0.25) is 0 Å². The van der Waals surface area contributed by atoms with Crippen molar-refractivity contribution < 1.29 is 14.7 Å². The molecule has 6 nitrogen and oxygen atoms in total. The van der Waals surface area contributed by atoms with Gasteiger partial charge in [0.15, 0.2) is 0 Å². The maximum atomic E-state index is 11.3. The van der Waals surface area contributed by atoms with Crippen molar-refractivity contribution in [1.29, 1.82) is 0 Å². The van der Waals surface area contributed by atoms with Crippen molar-refractivity contribution in [1.82, 2.24) is 0 Å². The van der Waals surface area contributed by atoms with Gasteiger partial charge in [-0.25, -0.2) is 9.79 Å². The SMILES string of the molecule is NC1=NC(=O)C2C(C(=O)O)=CSC2=N1. The first kappa shape index (κ1) is 8.95. The number of nitrogens with two attached hydrogens (primary N) is 1. The number of nitrogens with zero attached hydrogens (tertiary/aromatic N) is 2. The number of carbonyl (C=O) groups excluding carboxylic acids is 1. The van der Waals surface area contributed by atoms with E-state index in [9.17, 15) is 9.59 Å². The molecule has 1 amide bonds. The highest BCUT2D eigenvalue weighted by molar-refractivity contribution is 8.17. The highest BCUT2D eigenvalue weighted by atomic mass is 32.2. The van der Waals surface area contributed by atoms with Gasteiger partial charge >= 0.3 is 5.97 Å². The second-order valence-corrected chi connectivity index (χ2v) is 3.58. The fourth-order valence-corrected chi connectivity index (χ4v) is 2.21. The topological polar surface area (TPSA) is 105 Å². The summed E-state index contributed by atoms with van der Waals surface area (Å²) in [6, 6.07) is 0. The molecular formula is C7H5N3O3S. The minimum Gasteiger partial charge on any atom is -0.478 e. The second kappa shape index (κ2) is 2.95. The van der Waals surface area contributed by atoms with Gasteiger partial charge in [-0.05, 0) is 5.41 Å². The van der Waals surface area contributed by atoms with Crippen molar-refractivity contribution >= 4 is 34.6 Å². The number of hydrogen-bond donors (Lipinski definition) is 2. The normalized spacial score (nSPS) is 25.0. The average Bonchev–Trinajstić information content (AvgIpc) is 2.47. The molecule has 0 fully saturated rings.